The SMILES string of the molecule is CCCCCN(C)/C=C\c1cc(-c2ncc(OC(F)(F)F)cn2)c(F)cc1C=O.Nc1cn[nH]c(=O)c1C(F)(F)F. The summed E-state index contributed by atoms with van der Waals surface area (Å²) in [6.45, 7) is 2.94. The number of hydrogen-bond acceptors (Lipinski definition) is 8. The minimum atomic E-state index is -4.87. The van der Waals surface area contributed by atoms with Crippen LogP contribution in [0.1, 0.15) is 47.7 Å². The van der Waals surface area contributed by atoms with E-state index in [-0.39, 0.29) is 17.0 Å². The zero-order chi connectivity index (χ0) is 30.8. The summed E-state index contributed by atoms with van der Waals surface area (Å²) >= 11 is 0. The van der Waals surface area contributed by atoms with Gasteiger partial charge in [-0.1, -0.05) is 19.8 Å². The van der Waals surface area contributed by atoms with E-state index in [9.17, 15) is 40.3 Å². The molecule has 3 rings (SSSR count). The first-order valence-corrected chi connectivity index (χ1v) is 11.8. The Morgan fingerprint density at radius 2 is 1.71 bits per heavy atom. The van der Waals surface area contributed by atoms with E-state index < -0.39 is 40.9 Å². The summed E-state index contributed by atoms with van der Waals surface area (Å²) in [4.78, 5) is 31.3. The number of ether oxygens (including phenoxy) is 1. The van der Waals surface area contributed by atoms with Crippen molar-refractivity contribution in [1.29, 1.82) is 0 Å². The van der Waals surface area contributed by atoms with Crippen molar-refractivity contribution in [3.63, 3.8) is 0 Å². The standard InChI is InChI=1S/C20H21F4N3O2.C5H4F3N3O/c1-3-4-5-7-27(2)8-6-14-9-17(18(21)10-15(14)13-28)19-25-11-16(12-26-19)29-20(22,23)24;6-5(7,8)3-2(9)1-10-11-4(3)12/h6,8-13H,3-5,7H2,1-2H3;1H,(H3,9,11,12)/b8-6-;. The topological polar surface area (TPSA) is 127 Å². The summed E-state index contributed by atoms with van der Waals surface area (Å²) < 4.78 is 90.7. The fourth-order valence-corrected chi connectivity index (χ4v) is 3.26. The second-order valence-electron chi connectivity index (χ2n) is 8.40. The molecule has 222 valence electrons. The molecule has 16 heteroatoms. The largest absolute Gasteiger partial charge is 0.573 e. The molecule has 0 aliphatic rings. The molecule has 9 nitrogen and oxygen atoms in total. The lowest BCUT2D eigenvalue weighted by atomic mass is 10.0. The number of nitrogens with one attached hydrogen (secondary N) is 1. The number of aromatic nitrogens is 4. The summed E-state index contributed by atoms with van der Waals surface area (Å²) in [5.74, 6) is -1.49. The molecule has 0 saturated heterocycles. The number of aromatic amines is 1. The Bertz CT molecular complexity index is 1390. The highest BCUT2D eigenvalue weighted by Gasteiger charge is 2.36. The van der Waals surface area contributed by atoms with Crippen molar-refractivity contribution in [2.45, 2.75) is 38.7 Å². The monoisotopic (exact) mass is 590 g/mol. The minimum absolute atomic E-state index is 0.0394. The van der Waals surface area contributed by atoms with Crippen molar-refractivity contribution >= 4 is 18.0 Å². The van der Waals surface area contributed by atoms with Crippen LogP contribution in [0.2, 0.25) is 0 Å². The van der Waals surface area contributed by atoms with Crippen LogP contribution in [0, 0.1) is 5.82 Å². The second-order valence-corrected chi connectivity index (χ2v) is 8.40. The normalized spacial score (nSPS) is 11.6. The number of aldehydes is 1. The lowest BCUT2D eigenvalue weighted by Gasteiger charge is -2.14. The van der Waals surface area contributed by atoms with Crippen LogP contribution < -0.4 is 16.0 Å². The third-order valence-electron chi connectivity index (χ3n) is 5.19. The number of benzene rings is 1. The third kappa shape index (κ3) is 10.2. The highest BCUT2D eigenvalue weighted by atomic mass is 19.4. The quantitative estimate of drug-likeness (QED) is 0.191. The second kappa shape index (κ2) is 14.2. The van der Waals surface area contributed by atoms with Crippen LogP contribution in [0.5, 0.6) is 5.75 Å². The summed E-state index contributed by atoms with van der Waals surface area (Å²) in [5, 5.41) is 4.74. The smallest absolute Gasteiger partial charge is 0.402 e. The van der Waals surface area contributed by atoms with Crippen molar-refractivity contribution in [3.8, 4) is 17.1 Å². The Kier molecular flexibility index (Phi) is 11.3. The average molecular weight is 591 g/mol. The molecule has 0 bridgehead atoms. The number of hydrogen-bond donors (Lipinski definition) is 2. The van der Waals surface area contributed by atoms with E-state index in [4.69, 9.17) is 5.73 Å². The van der Waals surface area contributed by atoms with Gasteiger partial charge in [-0.2, -0.15) is 18.3 Å². The number of unbranched alkanes of at least 4 members (excludes halogenated alkanes) is 2. The number of alkyl halides is 6. The maximum Gasteiger partial charge on any atom is 0.573 e. The van der Waals surface area contributed by atoms with Gasteiger partial charge in [-0.3, -0.25) is 9.59 Å². The van der Waals surface area contributed by atoms with Crippen molar-refractivity contribution in [2.75, 3.05) is 19.3 Å². The van der Waals surface area contributed by atoms with E-state index in [2.05, 4.69) is 26.7 Å². The van der Waals surface area contributed by atoms with Crippen LogP contribution in [-0.2, 0) is 6.18 Å². The molecule has 0 atom stereocenters. The van der Waals surface area contributed by atoms with Crippen molar-refractivity contribution in [3.05, 3.63) is 69.8 Å². The maximum atomic E-state index is 14.4. The first kappa shape index (κ1) is 32.7. The molecule has 2 heterocycles. The molecule has 41 heavy (non-hydrogen) atoms. The van der Waals surface area contributed by atoms with Gasteiger partial charge in [-0.05, 0) is 36.4 Å². The summed E-state index contributed by atoms with van der Waals surface area (Å²) in [6.07, 6.45) is -0.0592. The number of H-pyrrole nitrogens is 1. The predicted molar refractivity (Wildman–Crippen MR) is 135 cm³/mol. The number of rotatable bonds is 9. The van der Waals surface area contributed by atoms with Crippen LogP contribution in [0.25, 0.3) is 17.5 Å². The van der Waals surface area contributed by atoms with Crippen LogP contribution >= 0.6 is 0 Å². The number of anilines is 1. The van der Waals surface area contributed by atoms with Gasteiger partial charge < -0.3 is 15.4 Å². The molecular formula is C25H25F7N6O3. The van der Waals surface area contributed by atoms with E-state index in [1.54, 1.807) is 17.4 Å². The maximum absolute atomic E-state index is 14.4. The number of nitrogen functional groups attached to an aromatic ring is 1. The first-order valence-electron chi connectivity index (χ1n) is 11.8. The molecule has 3 aromatic rings. The summed E-state index contributed by atoms with van der Waals surface area (Å²) in [6, 6.07) is 2.43. The number of carbonyl (C=O) groups is 1. The van der Waals surface area contributed by atoms with Gasteiger partial charge in [-0.15, -0.1) is 13.2 Å². The van der Waals surface area contributed by atoms with Gasteiger partial charge in [0.2, 0.25) is 0 Å². The number of carbonyl (C=O) groups excluding carboxylic acids is 1. The van der Waals surface area contributed by atoms with Crippen LogP contribution in [-0.4, -0.2) is 51.3 Å². The van der Waals surface area contributed by atoms with Gasteiger partial charge in [0.1, 0.15) is 11.4 Å². The first-order chi connectivity index (χ1) is 19.2. The Morgan fingerprint density at radius 3 is 2.22 bits per heavy atom. The molecule has 0 aliphatic carbocycles. The Labute approximate surface area is 228 Å². The predicted octanol–water partition coefficient (Wildman–Crippen LogP) is 5.46. The number of nitrogens with zero attached hydrogens (tertiary/aromatic N) is 4. The molecule has 3 N–H and O–H groups in total. The van der Waals surface area contributed by atoms with Crippen LogP contribution in [0.15, 0.2) is 41.7 Å². The average Bonchev–Trinajstić information content (AvgIpc) is 2.87. The highest BCUT2D eigenvalue weighted by molar-refractivity contribution is 5.84. The van der Waals surface area contributed by atoms with E-state index >= 15 is 0 Å². The molecule has 0 fully saturated rings. The summed E-state index contributed by atoms with van der Waals surface area (Å²) in [7, 11) is 1.89. The van der Waals surface area contributed by atoms with E-state index in [1.807, 2.05) is 11.9 Å². The Balaban J connectivity index is 0.000000408. The lowest BCUT2D eigenvalue weighted by molar-refractivity contribution is -0.274. The lowest BCUT2D eigenvalue weighted by Crippen LogP contribution is -2.24. The molecule has 0 spiro atoms. The number of nitrogens with two attached hydrogens (primary N) is 1. The fourth-order valence-electron chi connectivity index (χ4n) is 3.26. The third-order valence-corrected chi connectivity index (χ3v) is 5.19. The molecule has 0 amide bonds. The zero-order valence-electron chi connectivity index (χ0n) is 21.7. The molecule has 0 radical (unpaired) electrons. The minimum Gasteiger partial charge on any atom is -0.402 e. The van der Waals surface area contributed by atoms with Crippen molar-refractivity contribution in [2.24, 2.45) is 0 Å². The molecule has 1 aromatic carbocycles. The number of halogens is 7. The van der Waals surface area contributed by atoms with Gasteiger partial charge in [0.05, 0.1) is 29.8 Å². The van der Waals surface area contributed by atoms with E-state index in [1.165, 1.54) is 6.07 Å². The summed E-state index contributed by atoms with van der Waals surface area (Å²) in [5.41, 5.74) is 2.04. The van der Waals surface area contributed by atoms with E-state index in [0.717, 1.165) is 50.5 Å². The van der Waals surface area contributed by atoms with Crippen LogP contribution in [0.3, 0.4) is 0 Å². The highest BCUT2D eigenvalue weighted by Crippen LogP contribution is 2.29. The Hall–Kier alpha value is -4.50. The molecule has 0 aliphatic heterocycles. The molecule has 0 unspecified atom stereocenters. The van der Waals surface area contributed by atoms with E-state index in [0.29, 0.717) is 11.8 Å². The Morgan fingerprint density at radius 1 is 1.05 bits per heavy atom. The van der Waals surface area contributed by atoms with Crippen molar-refractivity contribution in [1.82, 2.24) is 25.1 Å². The van der Waals surface area contributed by atoms with Gasteiger partial charge in [0.25, 0.3) is 5.56 Å². The van der Waals surface area contributed by atoms with Crippen molar-refractivity contribution < 1.29 is 40.3 Å². The van der Waals surface area contributed by atoms with Gasteiger partial charge in [0.15, 0.2) is 17.9 Å². The van der Waals surface area contributed by atoms with Crippen LogP contribution in [0.4, 0.5) is 36.4 Å². The van der Waals surface area contributed by atoms with Gasteiger partial charge in [0, 0.05) is 19.2 Å². The zero-order valence-corrected chi connectivity index (χ0v) is 21.7. The molecule has 2 aromatic heterocycles. The fraction of sp³-hybridized carbons (Fsp3) is 0.320. The molecule has 0 saturated carbocycles. The van der Waals surface area contributed by atoms with Gasteiger partial charge in [-0.25, -0.2) is 19.5 Å². The van der Waals surface area contributed by atoms with Gasteiger partial charge >= 0.3 is 12.5 Å². The molecular weight excluding hydrogens is 565 g/mol.